The Morgan fingerprint density at radius 1 is 1.06 bits per heavy atom. The number of aryl methyl sites for hydroxylation is 2. The van der Waals surface area contributed by atoms with Gasteiger partial charge in [0.05, 0.1) is 0 Å². The summed E-state index contributed by atoms with van der Waals surface area (Å²) in [6.07, 6.45) is 2.45. The molecule has 2 heteroatoms. The SMILES string of the molecule is Cc1cccc(C)c1-c1cccnc1C=O. The van der Waals surface area contributed by atoms with Gasteiger partial charge in [-0.1, -0.05) is 24.3 Å². The molecule has 16 heavy (non-hydrogen) atoms. The molecule has 0 saturated heterocycles. The fourth-order valence-corrected chi connectivity index (χ4v) is 1.96. The Labute approximate surface area is 95.0 Å². The molecule has 0 aliphatic heterocycles. The average molecular weight is 211 g/mol. The summed E-state index contributed by atoms with van der Waals surface area (Å²) in [5.41, 5.74) is 4.85. The molecule has 0 N–H and O–H groups in total. The third-order valence-electron chi connectivity index (χ3n) is 2.70. The first-order chi connectivity index (χ1) is 7.74. The van der Waals surface area contributed by atoms with Crippen LogP contribution in [0.3, 0.4) is 0 Å². The molecule has 0 aliphatic carbocycles. The first-order valence-corrected chi connectivity index (χ1v) is 5.21. The fraction of sp³-hybridized carbons (Fsp3) is 0.143. The van der Waals surface area contributed by atoms with Crippen molar-refractivity contribution in [3.63, 3.8) is 0 Å². The van der Waals surface area contributed by atoms with Crippen molar-refractivity contribution in [3.8, 4) is 11.1 Å². The van der Waals surface area contributed by atoms with E-state index >= 15 is 0 Å². The second-order valence-electron chi connectivity index (χ2n) is 3.82. The molecule has 0 atom stereocenters. The van der Waals surface area contributed by atoms with Gasteiger partial charge in [-0.05, 0) is 36.6 Å². The van der Waals surface area contributed by atoms with Crippen molar-refractivity contribution in [2.24, 2.45) is 0 Å². The zero-order chi connectivity index (χ0) is 11.5. The van der Waals surface area contributed by atoms with E-state index in [9.17, 15) is 4.79 Å². The van der Waals surface area contributed by atoms with E-state index < -0.39 is 0 Å². The molecule has 0 aliphatic rings. The number of benzene rings is 1. The lowest BCUT2D eigenvalue weighted by Gasteiger charge is -2.10. The van der Waals surface area contributed by atoms with E-state index in [0.717, 1.165) is 28.5 Å². The van der Waals surface area contributed by atoms with Crippen LogP contribution in [0.5, 0.6) is 0 Å². The summed E-state index contributed by atoms with van der Waals surface area (Å²) in [6.45, 7) is 4.09. The van der Waals surface area contributed by atoms with Crippen LogP contribution >= 0.6 is 0 Å². The molecule has 0 spiro atoms. The van der Waals surface area contributed by atoms with Crippen LogP contribution in [0.25, 0.3) is 11.1 Å². The highest BCUT2D eigenvalue weighted by atomic mass is 16.1. The maximum absolute atomic E-state index is 11.0. The van der Waals surface area contributed by atoms with Gasteiger partial charge < -0.3 is 0 Å². The van der Waals surface area contributed by atoms with Gasteiger partial charge in [0.1, 0.15) is 5.69 Å². The van der Waals surface area contributed by atoms with Gasteiger partial charge in [-0.15, -0.1) is 0 Å². The highest BCUT2D eigenvalue weighted by molar-refractivity contribution is 5.87. The van der Waals surface area contributed by atoms with Gasteiger partial charge in [0, 0.05) is 11.8 Å². The zero-order valence-electron chi connectivity index (χ0n) is 9.40. The Balaban J connectivity index is 2.72. The Morgan fingerprint density at radius 2 is 1.75 bits per heavy atom. The molecule has 0 saturated carbocycles. The van der Waals surface area contributed by atoms with Crippen LogP contribution in [0.2, 0.25) is 0 Å². The average Bonchev–Trinajstić information content (AvgIpc) is 2.29. The van der Waals surface area contributed by atoms with E-state index in [1.165, 1.54) is 0 Å². The van der Waals surface area contributed by atoms with Crippen LogP contribution in [0, 0.1) is 13.8 Å². The van der Waals surface area contributed by atoms with Crippen LogP contribution < -0.4 is 0 Å². The maximum Gasteiger partial charge on any atom is 0.169 e. The normalized spacial score (nSPS) is 10.1. The number of carbonyl (C=O) groups is 1. The molecule has 0 radical (unpaired) electrons. The van der Waals surface area contributed by atoms with E-state index in [2.05, 4.69) is 4.98 Å². The monoisotopic (exact) mass is 211 g/mol. The van der Waals surface area contributed by atoms with Crippen LogP contribution in [0.4, 0.5) is 0 Å². The van der Waals surface area contributed by atoms with Crippen molar-refractivity contribution >= 4 is 6.29 Å². The fourth-order valence-electron chi connectivity index (χ4n) is 1.96. The highest BCUT2D eigenvalue weighted by Gasteiger charge is 2.09. The molecule has 0 amide bonds. The standard InChI is InChI=1S/C14H13NO/c1-10-5-3-6-11(2)14(10)12-7-4-8-15-13(12)9-16/h3-9H,1-2H3. The van der Waals surface area contributed by atoms with Crippen molar-refractivity contribution in [3.05, 3.63) is 53.3 Å². The topological polar surface area (TPSA) is 30.0 Å². The molecule has 0 fully saturated rings. The molecule has 2 aromatic rings. The Hall–Kier alpha value is -1.96. The van der Waals surface area contributed by atoms with Crippen LogP contribution in [-0.4, -0.2) is 11.3 Å². The predicted octanol–water partition coefficient (Wildman–Crippen LogP) is 3.18. The minimum absolute atomic E-state index is 0.500. The second kappa shape index (κ2) is 4.27. The van der Waals surface area contributed by atoms with Crippen molar-refractivity contribution in [2.45, 2.75) is 13.8 Å². The summed E-state index contributed by atoms with van der Waals surface area (Å²) < 4.78 is 0. The minimum Gasteiger partial charge on any atom is -0.296 e. The van der Waals surface area contributed by atoms with Crippen molar-refractivity contribution in [1.82, 2.24) is 4.98 Å². The third-order valence-corrected chi connectivity index (χ3v) is 2.70. The third kappa shape index (κ3) is 1.74. The van der Waals surface area contributed by atoms with E-state index in [0.29, 0.717) is 5.69 Å². The molecule has 1 aromatic carbocycles. The van der Waals surface area contributed by atoms with Gasteiger partial charge in [0.25, 0.3) is 0 Å². The lowest BCUT2D eigenvalue weighted by atomic mass is 9.95. The summed E-state index contributed by atoms with van der Waals surface area (Å²) in [5, 5.41) is 0. The highest BCUT2D eigenvalue weighted by Crippen LogP contribution is 2.28. The van der Waals surface area contributed by atoms with E-state index in [1.807, 2.05) is 44.2 Å². The number of aldehydes is 1. The Morgan fingerprint density at radius 3 is 2.38 bits per heavy atom. The number of hydrogen-bond donors (Lipinski definition) is 0. The molecule has 80 valence electrons. The van der Waals surface area contributed by atoms with Gasteiger partial charge in [-0.2, -0.15) is 0 Å². The lowest BCUT2D eigenvalue weighted by Crippen LogP contribution is -1.95. The van der Waals surface area contributed by atoms with Crippen LogP contribution in [0.15, 0.2) is 36.5 Å². The molecular formula is C14H13NO. The van der Waals surface area contributed by atoms with Crippen molar-refractivity contribution in [1.29, 1.82) is 0 Å². The number of pyridine rings is 1. The number of rotatable bonds is 2. The summed E-state index contributed by atoms with van der Waals surface area (Å²) in [4.78, 5) is 15.0. The number of aromatic nitrogens is 1. The molecule has 2 nitrogen and oxygen atoms in total. The first kappa shape index (κ1) is 10.6. The minimum atomic E-state index is 0.500. The van der Waals surface area contributed by atoms with E-state index in [4.69, 9.17) is 0 Å². The number of hydrogen-bond acceptors (Lipinski definition) is 2. The molecular weight excluding hydrogens is 198 g/mol. The predicted molar refractivity (Wildman–Crippen MR) is 64.5 cm³/mol. The smallest absolute Gasteiger partial charge is 0.169 e. The van der Waals surface area contributed by atoms with Gasteiger partial charge in [-0.25, -0.2) is 0 Å². The molecule has 0 bridgehead atoms. The first-order valence-electron chi connectivity index (χ1n) is 5.21. The van der Waals surface area contributed by atoms with Crippen LogP contribution in [-0.2, 0) is 0 Å². The summed E-state index contributed by atoms with van der Waals surface area (Å²) in [7, 11) is 0. The second-order valence-corrected chi connectivity index (χ2v) is 3.82. The van der Waals surface area contributed by atoms with Gasteiger partial charge >= 0.3 is 0 Å². The summed E-state index contributed by atoms with van der Waals surface area (Å²) in [6, 6.07) is 9.90. The summed E-state index contributed by atoms with van der Waals surface area (Å²) in [5.74, 6) is 0. The molecule has 0 unspecified atom stereocenters. The number of carbonyl (C=O) groups excluding carboxylic acids is 1. The van der Waals surface area contributed by atoms with E-state index in [-0.39, 0.29) is 0 Å². The van der Waals surface area contributed by atoms with Gasteiger partial charge in [-0.3, -0.25) is 9.78 Å². The van der Waals surface area contributed by atoms with Crippen molar-refractivity contribution < 1.29 is 4.79 Å². The van der Waals surface area contributed by atoms with E-state index in [1.54, 1.807) is 6.20 Å². The Bertz CT molecular complexity index is 512. The quantitative estimate of drug-likeness (QED) is 0.714. The van der Waals surface area contributed by atoms with Gasteiger partial charge in [0.2, 0.25) is 0 Å². The molecule has 1 heterocycles. The largest absolute Gasteiger partial charge is 0.296 e. The zero-order valence-corrected chi connectivity index (χ0v) is 9.40. The lowest BCUT2D eigenvalue weighted by molar-refractivity contribution is 0.111. The summed E-state index contributed by atoms with van der Waals surface area (Å²) >= 11 is 0. The van der Waals surface area contributed by atoms with Crippen molar-refractivity contribution in [2.75, 3.05) is 0 Å². The molecule has 1 aromatic heterocycles. The maximum atomic E-state index is 11.0. The Kier molecular flexibility index (Phi) is 2.82. The van der Waals surface area contributed by atoms with Crippen LogP contribution in [0.1, 0.15) is 21.6 Å². The number of nitrogens with zero attached hydrogens (tertiary/aromatic N) is 1. The molecule has 2 rings (SSSR count). The van der Waals surface area contributed by atoms with Gasteiger partial charge in [0.15, 0.2) is 6.29 Å².